The SMILES string of the molecule is CCN(C(=O)c1cc2c(Cl)cccc2n1C)c1ccccc1. The molecule has 0 aliphatic heterocycles. The van der Waals surface area contributed by atoms with E-state index < -0.39 is 0 Å². The van der Waals surface area contributed by atoms with Crippen LogP contribution in [0.5, 0.6) is 0 Å². The van der Waals surface area contributed by atoms with Crippen LogP contribution in [0.2, 0.25) is 5.02 Å². The Bertz CT molecular complexity index is 824. The molecule has 1 aromatic heterocycles. The number of aromatic nitrogens is 1. The Hall–Kier alpha value is -2.26. The van der Waals surface area contributed by atoms with Crippen molar-refractivity contribution < 1.29 is 4.79 Å². The molecule has 0 saturated carbocycles. The lowest BCUT2D eigenvalue weighted by atomic mass is 10.2. The Morgan fingerprint density at radius 3 is 2.50 bits per heavy atom. The van der Waals surface area contributed by atoms with Crippen LogP contribution in [-0.4, -0.2) is 17.0 Å². The van der Waals surface area contributed by atoms with Crippen LogP contribution < -0.4 is 4.90 Å². The van der Waals surface area contributed by atoms with Gasteiger partial charge in [0.05, 0.1) is 0 Å². The maximum Gasteiger partial charge on any atom is 0.274 e. The number of benzene rings is 2. The van der Waals surface area contributed by atoms with E-state index in [4.69, 9.17) is 11.6 Å². The molecule has 0 saturated heterocycles. The summed E-state index contributed by atoms with van der Waals surface area (Å²) in [6.07, 6.45) is 0. The summed E-state index contributed by atoms with van der Waals surface area (Å²) in [5, 5.41) is 1.56. The van der Waals surface area contributed by atoms with Crippen molar-refractivity contribution in [3.05, 3.63) is 65.3 Å². The van der Waals surface area contributed by atoms with Crippen LogP contribution in [0.1, 0.15) is 17.4 Å². The molecule has 3 nitrogen and oxygen atoms in total. The third kappa shape index (κ3) is 2.38. The molecule has 3 aromatic rings. The summed E-state index contributed by atoms with van der Waals surface area (Å²) in [4.78, 5) is 14.7. The minimum atomic E-state index is -0.0246. The van der Waals surface area contributed by atoms with E-state index in [0.717, 1.165) is 16.6 Å². The van der Waals surface area contributed by atoms with Crippen molar-refractivity contribution >= 4 is 34.1 Å². The van der Waals surface area contributed by atoms with Crippen LogP contribution in [0.15, 0.2) is 54.6 Å². The molecule has 0 spiro atoms. The van der Waals surface area contributed by atoms with Crippen LogP contribution in [0.3, 0.4) is 0 Å². The average molecular weight is 313 g/mol. The van der Waals surface area contributed by atoms with E-state index in [2.05, 4.69) is 0 Å². The zero-order valence-corrected chi connectivity index (χ0v) is 13.3. The quantitative estimate of drug-likeness (QED) is 0.699. The van der Waals surface area contributed by atoms with Gasteiger partial charge in [-0.25, -0.2) is 0 Å². The van der Waals surface area contributed by atoms with E-state index in [1.54, 1.807) is 4.90 Å². The van der Waals surface area contributed by atoms with E-state index in [9.17, 15) is 4.79 Å². The Kier molecular flexibility index (Phi) is 3.90. The minimum absolute atomic E-state index is 0.0246. The van der Waals surface area contributed by atoms with E-state index in [1.165, 1.54) is 0 Å². The van der Waals surface area contributed by atoms with Crippen molar-refractivity contribution in [2.45, 2.75) is 6.92 Å². The van der Waals surface area contributed by atoms with Crippen LogP contribution in [0.25, 0.3) is 10.9 Å². The van der Waals surface area contributed by atoms with Gasteiger partial charge in [-0.3, -0.25) is 4.79 Å². The predicted octanol–water partition coefficient (Wildman–Crippen LogP) is 4.50. The summed E-state index contributed by atoms with van der Waals surface area (Å²) in [6.45, 7) is 2.58. The molecule has 0 atom stereocenters. The monoisotopic (exact) mass is 312 g/mol. The summed E-state index contributed by atoms with van der Waals surface area (Å²) in [6, 6.07) is 17.3. The smallest absolute Gasteiger partial charge is 0.274 e. The van der Waals surface area contributed by atoms with E-state index >= 15 is 0 Å². The Morgan fingerprint density at radius 2 is 1.86 bits per heavy atom. The first-order valence-corrected chi connectivity index (χ1v) is 7.62. The number of fused-ring (bicyclic) bond motifs is 1. The molecule has 0 radical (unpaired) electrons. The molecular weight excluding hydrogens is 296 g/mol. The molecule has 0 aliphatic rings. The van der Waals surface area contributed by atoms with Gasteiger partial charge in [0.2, 0.25) is 0 Å². The van der Waals surface area contributed by atoms with Crippen LogP contribution in [0, 0.1) is 0 Å². The highest BCUT2D eigenvalue weighted by molar-refractivity contribution is 6.35. The zero-order valence-electron chi connectivity index (χ0n) is 12.6. The van der Waals surface area contributed by atoms with Crippen molar-refractivity contribution in [3.63, 3.8) is 0 Å². The summed E-state index contributed by atoms with van der Waals surface area (Å²) in [5.74, 6) is -0.0246. The van der Waals surface area contributed by atoms with Crippen molar-refractivity contribution in [3.8, 4) is 0 Å². The normalized spacial score (nSPS) is 10.9. The van der Waals surface area contributed by atoms with E-state index in [-0.39, 0.29) is 5.91 Å². The second-order valence-corrected chi connectivity index (χ2v) is 5.55. The number of para-hydroxylation sites is 1. The second-order valence-electron chi connectivity index (χ2n) is 5.15. The number of nitrogens with zero attached hydrogens (tertiary/aromatic N) is 2. The lowest BCUT2D eigenvalue weighted by Crippen LogP contribution is -2.31. The molecule has 112 valence electrons. The van der Waals surface area contributed by atoms with E-state index in [0.29, 0.717) is 17.3 Å². The molecule has 1 heterocycles. The highest BCUT2D eigenvalue weighted by Gasteiger charge is 2.20. The van der Waals surface area contributed by atoms with Gasteiger partial charge in [-0.1, -0.05) is 35.9 Å². The molecule has 0 bridgehead atoms. The van der Waals surface area contributed by atoms with Crippen molar-refractivity contribution in [1.82, 2.24) is 4.57 Å². The number of amides is 1. The third-order valence-electron chi connectivity index (χ3n) is 3.88. The number of anilines is 1. The lowest BCUT2D eigenvalue weighted by Gasteiger charge is -2.21. The summed E-state index contributed by atoms with van der Waals surface area (Å²) >= 11 is 6.24. The van der Waals surface area contributed by atoms with Crippen LogP contribution in [-0.2, 0) is 7.05 Å². The van der Waals surface area contributed by atoms with Gasteiger partial charge in [-0.15, -0.1) is 0 Å². The fourth-order valence-electron chi connectivity index (χ4n) is 2.72. The Labute approximate surface area is 134 Å². The maximum absolute atomic E-state index is 12.9. The van der Waals surface area contributed by atoms with Gasteiger partial charge in [0, 0.05) is 35.2 Å². The van der Waals surface area contributed by atoms with E-state index in [1.807, 2.05) is 73.1 Å². The minimum Gasteiger partial charge on any atom is -0.340 e. The van der Waals surface area contributed by atoms with Crippen molar-refractivity contribution in [2.75, 3.05) is 11.4 Å². The number of hydrogen-bond donors (Lipinski definition) is 0. The standard InChI is InChI=1S/C18H17ClN2O/c1-3-21(13-8-5-4-6-9-13)18(22)17-12-14-15(19)10-7-11-16(14)20(17)2/h4-12H,3H2,1-2H3. The Morgan fingerprint density at radius 1 is 1.14 bits per heavy atom. The second kappa shape index (κ2) is 5.85. The van der Waals surface area contributed by atoms with Crippen LogP contribution in [0.4, 0.5) is 5.69 Å². The van der Waals surface area contributed by atoms with Gasteiger partial charge in [0.15, 0.2) is 0 Å². The molecule has 1 amide bonds. The first kappa shape index (κ1) is 14.7. The van der Waals surface area contributed by atoms with Gasteiger partial charge in [0.1, 0.15) is 5.69 Å². The molecule has 0 fully saturated rings. The number of hydrogen-bond acceptors (Lipinski definition) is 1. The predicted molar refractivity (Wildman–Crippen MR) is 91.7 cm³/mol. The molecular formula is C18H17ClN2O. The number of rotatable bonds is 3. The molecule has 22 heavy (non-hydrogen) atoms. The Balaban J connectivity index is 2.08. The highest BCUT2D eigenvalue weighted by atomic mass is 35.5. The number of halogens is 1. The average Bonchev–Trinajstić information content (AvgIpc) is 2.88. The zero-order chi connectivity index (χ0) is 15.7. The first-order chi connectivity index (χ1) is 10.6. The van der Waals surface area contributed by atoms with Gasteiger partial charge >= 0.3 is 0 Å². The number of aryl methyl sites for hydroxylation is 1. The molecule has 0 N–H and O–H groups in total. The molecule has 4 heteroatoms. The fraction of sp³-hybridized carbons (Fsp3) is 0.167. The van der Waals surface area contributed by atoms with Gasteiger partial charge in [-0.05, 0) is 37.3 Å². The molecule has 3 rings (SSSR count). The highest BCUT2D eigenvalue weighted by Crippen LogP contribution is 2.27. The topological polar surface area (TPSA) is 25.2 Å². The van der Waals surface area contributed by atoms with Crippen molar-refractivity contribution in [2.24, 2.45) is 7.05 Å². The molecule has 0 aliphatic carbocycles. The van der Waals surface area contributed by atoms with Crippen molar-refractivity contribution in [1.29, 1.82) is 0 Å². The summed E-state index contributed by atoms with van der Waals surface area (Å²) in [7, 11) is 1.89. The third-order valence-corrected chi connectivity index (χ3v) is 4.21. The summed E-state index contributed by atoms with van der Waals surface area (Å²) < 4.78 is 1.90. The van der Waals surface area contributed by atoms with Gasteiger partial charge in [-0.2, -0.15) is 0 Å². The van der Waals surface area contributed by atoms with Gasteiger partial charge < -0.3 is 9.47 Å². The fourth-order valence-corrected chi connectivity index (χ4v) is 2.94. The van der Waals surface area contributed by atoms with Crippen LogP contribution >= 0.6 is 11.6 Å². The number of carbonyl (C=O) groups is 1. The lowest BCUT2D eigenvalue weighted by molar-refractivity contribution is 0.0981. The summed E-state index contributed by atoms with van der Waals surface area (Å²) in [5.41, 5.74) is 2.49. The first-order valence-electron chi connectivity index (χ1n) is 7.24. The number of carbonyl (C=O) groups excluding carboxylic acids is 1. The largest absolute Gasteiger partial charge is 0.340 e. The molecule has 0 unspecified atom stereocenters. The maximum atomic E-state index is 12.9. The molecule has 2 aromatic carbocycles. The van der Waals surface area contributed by atoms with Gasteiger partial charge in [0.25, 0.3) is 5.91 Å².